The van der Waals surface area contributed by atoms with E-state index in [1.165, 1.54) is 12.1 Å². The van der Waals surface area contributed by atoms with Gasteiger partial charge in [0.15, 0.2) is 0 Å². The van der Waals surface area contributed by atoms with Crippen molar-refractivity contribution in [3.63, 3.8) is 0 Å². The van der Waals surface area contributed by atoms with Gasteiger partial charge in [-0.1, -0.05) is 13.8 Å². The monoisotopic (exact) mass is 266 g/mol. The molecule has 0 fully saturated rings. The van der Waals surface area contributed by atoms with Crippen LogP contribution in [0.3, 0.4) is 0 Å². The van der Waals surface area contributed by atoms with Crippen LogP contribution in [-0.2, 0) is 0 Å². The number of benzene rings is 1. The SMILES string of the molecule is Cc1cc(F)cc(C(=O)N(CCCN)CC(C)C)c1. The molecule has 0 bridgehead atoms. The molecule has 1 rings (SSSR count). The number of rotatable bonds is 6. The Morgan fingerprint density at radius 1 is 1.37 bits per heavy atom. The largest absolute Gasteiger partial charge is 0.338 e. The third-order valence-electron chi connectivity index (χ3n) is 2.79. The molecule has 0 unspecified atom stereocenters. The maximum atomic E-state index is 13.4. The highest BCUT2D eigenvalue weighted by Gasteiger charge is 2.17. The summed E-state index contributed by atoms with van der Waals surface area (Å²) in [6.45, 7) is 7.72. The highest BCUT2D eigenvalue weighted by atomic mass is 19.1. The summed E-state index contributed by atoms with van der Waals surface area (Å²) in [4.78, 5) is 14.2. The number of aryl methyl sites for hydroxylation is 1. The third-order valence-corrected chi connectivity index (χ3v) is 2.79. The van der Waals surface area contributed by atoms with Crippen molar-refractivity contribution in [2.45, 2.75) is 27.2 Å². The number of amides is 1. The summed E-state index contributed by atoms with van der Waals surface area (Å²) in [5, 5.41) is 0. The fourth-order valence-electron chi connectivity index (χ4n) is 2.04. The second kappa shape index (κ2) is 7.24. The molecule has 1 aromatic carbocycles. The normalized spacial score (nSPS) is 10.8. The minimum Gasteiger partial charge on any atom is -0.338 e. The summed E-state index contributed by atoms with van der Waals surface area (Å²) in [5.74, 6) is -0.118. The van der Waals surface area contributed by atoms with Gasteiger partial charge >= 0.3 is 0 Å². The molecule has 0 atom stereocenters. The second-order valence-corrected chi connectivity index (χ2v) is 5.30. The molecule has 19 heavy (non-hydrogen) atoms. The zero-order chi connectivity index (χ0) is 14.4. The van der Waals surface area contributed by atoms with Crippen molar-refractivity contribution in [2.24, 2.45) is 11.7 Å². The van der Waals surface area contributed by atoms with Gasteiger partial charge < -0.3 is 10.6 Å². The van der Waals surface area contributed by atoms with Crippen molar-refractivity contribution in [1.82, 2.24) is 4.90 Å². The molecule has 3 nitrogen and oxygen atoms in total. The summed E-state index contributed by atoms with van der Waals surface area (Å²) in [6.07, 6.45) is 0.757. The Balaban J connectivity index is 2.90. The van der Waals surface area contributed by atoms with Crippen LogP contribution in [0.25, 0.3) is 0 Å². The summed E-state index contributed by atoms with van der Waals surface area (Å²) in [5.41, 5.74) is 6.67. The molecule has 0 saturated heterocycles. The molecule has 0 aliphatic heterocycles. The number of hydrogen-bond acceptors (Lipinski definition) is 2. The van der Waals surface area contributed by atoms with Crippen LogP contribution in [-0.4, -0.2) is 30.4 Å². The Morgan fingerprint density at radius 2 is 2.05 bits per heavy atom. The number of carbonyl (C=O) groups excluding carboxylic acids is 1. The molecule has 106 valence electrons. The van der Waals surface area contributed by atoms with E-state index in [4.69, 9.17) is 5.73 Å². The number of halogens is 1. The molecule has 0 heterocycles. The summed E-state index contributed by atoms with van der Waals surface area (Å²) in [6, 6.07) is 4.44. The molecule has 0 spiro atoms. The fraction of sp³-hybridized carbons (Fsp3) is 0.533. The molecule has 0 aliphatic carbocycles. The van der Waals surface area contributed by atoms with E-state index in [0.717, 1.165) is 12.0 Å². The van der Waals surface area contributed by atoms with Gasteiger partial charge in [0.05, 0.1) is 0 Å². The Hall–Kier alpha value is -1.42. The maximum Gasteiger partial charge on any atom is 0.253 e. The molecular weight excluding hydrogens is 243 g/mol. The first-order chi connectivity index (χ1) is 8.93. The topological polar surface area (TPSA) is 46.3 Å². The zero-order valence-corrected chi connectivity index (χ0v) is 11.9. The van der Waals surface area contributed by atoms with Crippen LogP contribution in [0, 0.1) is 18.7 Å². The Labute approximate surface area is 114 Å². The van der Waals surface area contributed by atoms with Gasteiger partial charge in [0.2, 0.25) is 0 Å². The highest BCUT2D eigenvalue weighted by molar-refractivity contribution is 5.94. The van der Waals surface area contributed by atoms with Crippen LogP contribution >= 0.6 is 0 Å². The van der Waals surface area contributed by atoms with Crippen molar-refractivity contribution in [1.29, 1.82) is 0 Å². The molecule has 0 aromatic heterocycles. The summed E-state index contributed by atoms with van der Waals surface area (Å²) >= 11 is 0. The average Bonchev–Trinajstić information content (AvgIpc) is 2.32. The molecule has 1 aromatic rings. The number of nitrogens with two attached hydrogens (primary N) is 1. The lowest BCUT2D eigenvalue weighted by atomic mass is 10.1. The lowest BCUT2D eigenvalue weighted by molar-refractivity contribution is 0.0734. The first-order valence-electron chi connectivity index (χ1n) is 6.70. The van der Waals surface area contributed by atoms with Gasteiger partial charge in [0.1, 0.15) is 5.82 Å². The van der Waals surface area contributed by atoms with Crippen molar-refractivity contribution >= 4 is 5.91 Å². The van der Waals surface area contributed by atoms with E-state index in [0.29, 0.717) is 31.1 Å². The zero-order valence-electron chi connectivity index (χ0n) is 11.9. The molecule has 2 N–H and O–H groups in total. The average molecular weight is 266 g/mol. The van der Waals surface area contributed by atoms with Gasteiger partial charge in [-0.2, -0.15) is 0 Å². The van der Waals surface area contributed by atoms with E-state index < -0.39 is 0 Å². The van der Waals surface area contributed by atoms with E-state index >= 15 is 0 Å². The first kappa shape index (κ1) is 15.6. The van der Waals surface area contributed by atoms with Crippen molar-refractivity contribution in [3.8, 4) is 0 Å². The second-order valence-electron chi connectivity index (χ2n) is 5.30. The van der Waals surface area contributed by atoms with Gasteiger partial charge in [-0.25, -0.2) is 4.39 Å². The predicted molar refractivity (Wildman–Crippen MR) is 75.5 cm³/mol. The molecule has 1 amide bonds. The first-order valence-corrected chi connectivity index (χ1v) is 6.70. The quantitative estimate of drug-likeness (QED) is 0.860. The number of nitrogens with zero attached hydrogens (tertiary/aromatic N) is 1. The minimum absolute atomic E-state index is 0.121. The van der Waals surface area contributed by atoms with Crippen molar-refractivity contribution in [2.75, 3.05) is 19.6 Å². The van der Waals surface area contributed by atoms with Gasteiger partial charge in [0.25, 0.3) is 5.91 Å². The lowest BCUT2D eigenvalue weighted by Crippen LogP contribution is -2.36. The fourth-order valence-corrected chi connectivity index (χ4v) is 2.04. The smallest absolute Gasteiger partial charge is 0.253 e. The summed E-state index contributed by atoms with van der Waals surface area (Å²) < 4.78 is 13.4. The van der Waals surface area contributed by atoms with Crippen LogP contribution < -0.4 is 5.73 Å². The standard InChI is InChI=1S/C15H23FN2O/c1-11(2)10-18(6-4-5-17)15(19)13-7-12(3)8-14(16)9-13/h7-9,11H,4-6,10,17H2,1-3H3. The Morgan fingerprint density at radius 3 is 2.58 bits per heavy atom. The Bertz CT molecular complexity index is 412. The van der Waals surface area contributed by atoms with E-state index in [-0.39, 0.29) is 11.7 Å². The van der Waals surface area contributed by atoms with E-state index in [9.17, 15) is 9.18 Å². The molecule has 0 saturated carbocycles. The number of hydrogen-bond donors (Lipinski definition) is 1. The van der Waals surface area contributed by atoms with Crippen LogP contribution in [0.2, 0.25) is 0 Å². The molecule has 0 aliphatic rings. The number of carbonyl (C=O) groups is 1. The van der Waals surface area contributed by atoms with Crippen molar-refractivity contribution in [3.05, 3.63) is 35.1 Å². The lowest BCUT2D eigenvalue weighted by Gasteiger charge is -2.24. The molecule has 4 heteroatoms. The van der Waals surface area contributed by atoms with E-state index in [1.807, 2.05) is 0 Å². The summed E-state index contributed by atoms with van der Waals surface area (Å²) in [7, 11) is 0. The van der Waals surface area contributed by atoms with Crippen molar-refractivity contribution < 1.29 is 9.18 Å². The molecular formula is C15H23FN2O. The van der Waals surface area contributed by atoms with Gasteiger partial charge in [-0.15, -0.1) is 0 Å². The third kappa shape index (κ3) is 4.99. The van der Waals surface area contributed by atoms with Crippen LogP contribution in [0.4, 0.5) is 4.39 Å². The van der Waals surface area contributed by atoms with Gasteiger partial charge in [0, 0.05) is 18.7 Å². The van der Waals surface area contributed by atoms with Gasteiger partial charge in [-0.05, 0) is 49.6 Å². The maximum absolute atomic E-state index is 13.4. The molecule has 0 radical (unpaired) electrons. The van der Waals surface area contributed by atoms with Gasteiger partial charge in [-0.3, -0.25) is 4.79 Å². The van der Waals surface area contributed by atoms with E-state index in [1.54, 1.807) is 17.9 Å². The highest BCUT2D eigenvalue weighted by Crippen LogP contribution is 2.12. The predicted octanol–water partition coefficient (Wildman–Crippen LogP) is 2.58. The van der Waals surface area contributed by atoms with Crippen LogP contribution in [0.1, 0.15) is 36.2 Å². The van der Waals surface area contributed by atoms with Crippen LogP contribution in [0.5, 0.6) is 0 Å². The Kier molecular flexibility index (Phi) is 5.96. The van der Waals surface area contributed by atoms with E-state index in [2.05, 4.69) is 13.8 Å². The minimum atomic E-state index is -0.369. The van der Waals surface area contributed by atoms with Crippen LogP contribution in [0.15, 0.2) is 18.2 Å².